The van der Waals surface area contributed by atoms with E-state index in [2.05, 4.69) is 170 Å². The molecule has 0 aliphatic carbocycles. The molecule has 4 rings (SSSR count). The molecule has 2 aliphatic rings. The SMILES string of the molecule is CC(C)c1cccc(C(C)C)c1N1/C(=[Si](C)/[Si](C)=C2/N(c3c(C(C)C)cccc3C(C)C)C(C)(C)CC2(C)C)C(C)(C)CC1(C)C. The Morgan fingerprint density at radius 3 is 0.935 bits per heavy atom. The molecular weight excluding hydrogens is 589 g/mol. The lowest BCUT2D eigenvalue weighted by atomic mass is 9.85. The van der Waals surface area contributed by atoms with E-state index < -0.39 is 15.9 Å². The lowest BCUT2D eigenvalue weighted by Gasteiger charge is -2.42. The van der Waals surface area contributed by atoms with E-state index in [4.69, 9.17) is 0 Å². The van der Waals surface area contributed by atoms with Gasteiger partial charge in [0.1, 0.15) is 0 Å². The van der Waals surface area contributed by atoms with Crippen LogP contribution in [0.25, 0.3) is 0 Å². The van der Waals surface area contributed by atoms with Crippen molar-refractivity contribution in [1.82, 2.24) is 0 Å². The first-order chi connectivity index (χ1) is 21.0. The lowest BCUT2D eigenvalue weighted by Crippen LogP contribution is -2.52. The Morgan fingerprint density at radius 2 is 0.717 bits per heavy atom. The largest absolute Gasteiger partial charge is 0.343 e. The van der Waals surface area contributed by atoms with Crippen LogP contribution in [0.3, 0.4) is 0 Å². The van der Waals surface area contributed by atoms with Crippen LogP contribution in [0.2, 0.25) is 13.1 Å². The van der Waals surface area contributed by atoms with Crippen LogP contribution >= 0.6 is 0 Å². The summed E-state index contributed by atoms with van der Waals surface area (Å²) in [5, 5.41) is 3.53. The molecule has 2 aliphatic heterocycles. The Bertz CT molecular complexity index is 1360. The summed E-state index contributed by atoms with van der Waals surface area (Å²) < 4.78 is 0. The summed E-state index contributed by atoms with van der Waals surface area (Å²) in [7, 11) is -1.89. The van der Waals surface area contributed by atoms with Crippen molar-refractivity contribution in [2.75, 3.05) is 9.80 Å². The van der Waals surface area contributed by atoms with Gasteiger partial charge < -0.3 is 9.80 Å². The molecule has 254 valence electrons. The van der Waals surface area contributed by atoms with Gasteiger partial charge in [0.15, 0.2) is 0 Å². The van der Waals surface area contributed by atoms with Crippen LogP contribution in [0.15, 0.2) is 36.4 Å². The highest BCUT2D eigenvalue weighted by molar-refractivity contribution is 7.26. The van der Waals surface area contributed by atoms with Gasteiger partial charge in [-0.15, -0.1) is 0 Å². The standard InChI is InChI=1S/C42H68N2Si2/c1-27(2)31-21-19-22-32(28(3)4)35(31)43-37(39(9,10)25-41(43,13)14)45(17)46(18)38-40(11,12)26-42(15,16)44(38)36-33(29(5)6)23-20-24-34(36)30(7)8/h19-24,27-30H,25-26H2,1-18H3/b45-37+,46-38+. The third kappa shape index (κ3) is 6.36. The molecule has 0 bridgehead atoms. The van der Waals surface area contributed by atoms with Crippen molar-refractivity contribution < 1.29 is 0 Å². The van der Waals surface area contributed by atoms with Gasteiger partial charge in [-0.2, -0.15) is 0 Å². The molecule has 2 heterocycles. The van der Waals surface area contributed by atoms with Crippen LogP contribution < -0.4 is 9.80 Å². The monoisotopic (exact) mass is 656 g/mol. The van der Waals surface area contributed by atoms with E-state index in [0.717, 1.165) is 0 Å². The highest BCUT2D eigenvalue weighted by Gasteiger charge is 2.52. The number of rotatable bonds is 7. The fourth-order valence-electron chi connectivity index (χ4n) is 9.77. The fourth-order valence-corrected chi connectivity index (χ4v) is 19.0. The molecule has 4 heteroatoms. The van der Waals surface area contributed by atoms with Gasteiger partial charge in [-0.25, -0.2) is 0 Å². The van der Waals surface area contributed by atoms with Crippen molar-refractivity contribution >= 4 is 37.8 Å². The minimum atomic E-state index is -0.943. The van der Waals surface area contributed by atoms with Crippen LogP contribution in [-0.2, 0) is 0 Å². The second-order valence-electron chi connectivity index (χ2n) is 18.6. The summed E-state index contributed by atoms with van der Waals surface area (Å²) in [6.45, 7) is 44.9. The first kappa shape index (κ1) is 37.0. The molecule has 2 nitrogen and oxygen atoms in total. The smallest absolute Gasteiger partial charge is 0.0480 e. The predicted octanol–water partition coefficient (Wildman–Crippen LogP) is 11.7. The Morgan fingerprint density at radius 1 is 0.478 bits per heavy atom. The van der Waals surface area contributed by atoms with E-state index in [0.29, 0.717) is 23.7 Å². The first-order valence-electron chi connectivity index (χ1n) is 18.3. The third-order valence-electron chi connectivity index (χ3n) is 11.1. The van der Waals surface area contributed by atoms with E-state index in [-0.39, 0.29) is 21.9 Å². The Kier molecular flexibility index (Phi) is 10.1. The summed E-state index contributed by atoms with van der Waals surface area (Å²) in [6.07, 6.45) is 2.39. The number of benzene rings is 2. The van der Waals surface area contributed by atoms with E-state index in [9.17, 15) is 0 Å². The van der Waals surface area contributed by atoms with Crippen molar-refractivity contribution in [1.29, 1.82) is 0 Å². The zero-order valence-electron chi connectivity index (χ0n) is 33.1. The molecule has 0 spiro atoms. The average Bonchev–Trinajstić information content (AvgIpc) is 3.23. The van der Waals surface area contributed by atoms with E-state index in [1.807, 2.05) is 0 Å². The first-order valence-corrected chi connectivity index (χ1v) is 23.3. The molecular formula is C42H68N2Si2. The summed E-state index contributed by atoms with van der Waals surface area (Å²) in [4.78, 5) is 5.86. The minimum Gasteiger partial charge on any atom is -0.343 e. The summed E-state index contributed by atoms with van der Waals surface area (Å²) in [5.41, 5.74) is 9.53. The molecule has 0 saturated carbocycles. The van der Waals surface area contributed by atoms with Crippen molar-refractivity contribution in [3.8, 4) is 0 Å². The third-order valence-corrected chi connectivity index (χ3v) is 20.2. The lowest BCUT2D eigenvalue weighted by molar-refractivity contribution is 0.404. The molecule has 2 fully saturated rings. The topological polar surface area (TPSA) is 6.48 Å². The minimum absolute atomic E-state index is 0.0609. The number of anilines is 2. The van der Waals surface area contributed by atoms with Crippen LogP contribution in [0, 0.1) is 10.8 Å². The van der Waals surface area contributed by atoms with Gasteiger partial charge in [-0.3, -0.25) is 0 Å². The van der Waals surface area contributed by atoms with Crippen molar-refractivity contribution in [3.05, 3.63) is 58.7 Å². The maximum absolute atomic E-state index is 2.93. The second kappa shape index (κ2) is 12.6. The van der Waals surface area contributed by atoms with Gasteiger partial charge in [-0.05, 0) is 97.0 Å². The van der Waals surface area contributed by atoms with E-state index in [1.54, 1.807) is 10.6 Å². The van der Waals surface area contributed by atoms with Crippen LogP contribution in [0.1, 0.15) is 170 Å². The predicted molar refractivity (Wildman–Crippen MR) is 212 cm³/mol. The van der Waals surface area contributed by atoms with E-state index >= 15 is 0 Å². The Hall–Kier alpha value is -1.79. The van der Waals surface area contributed by atoms with Crippen LogP contribution in [-0.4, -0.2) is 37.5 Å². The van der Waals surface area contributed by atoms with Gasteiger partial charge in [0.05, 0.1) is 0 Å². The molecule has 2 aromatic rings. The van der Waals surface area contributed by atoms with Gasteiger partial charge >= 0.3 is 0 Å². The van der Waals surface area contributed by atoms with Crippen molar-refractivity contribution in [2.24, 2.45) is 10.8 Å². The molecule has 2 aromatic carbocycles. The van der Waals surface area contributed by atoms with Gasteiger partial charge in [0.25, 0.3) is 0 Å². The molecule has 0 amide bonds. The highest BCUT2D eigenvalue weighted by atomic mass is 29.2. The van der Waals surface area contributed by atoms with Gasteiger partial charge in [-0.1, -0.05) is 133 Å². The number of nitrogens with zero attached hydrogens (tertiary/aromatic N) is 2. The van der Waals surface area contributed by atoms with Crippen molar-refractivity contribution in [2.45, 2.75) is 171 Å². The average molecular weight is 657 g/mol. The molecule has 0 radical (unpaired) electrons. The molecule has 46 heavy (non-hydrogen) atoms. The normalized spacial score (nSPS) is 22.6. The molecule has 2 saturated heterocycles. The molecule has 0 atom stereocenters. The number of para-hydroxylation sites is 2. The summed E-state index contributed by atoms with van der Waals surface area (Å²) >= 11 is 0. The van der Waals surface area contributed by atoms with E-state index in [1.165, 1.54) is 46.5 Å². The second-order valence-corrected chi connectivity index (χ2v) is 26.5. The Balaban J connectivity index is 2.15. The maximum atomic E-state index is 2.93. The van der Waals surface area contributed by atoms with Crippen LogP contribution in [0.5, 0.6) is 0 Å². The molecule has 0 unspecified atom stereocenters. The number of hydrogen-bond acceptors (Lipinski definition) is 2. The molecule has 0 N–H and O–H groups in total. The zero-order chi connectivity index (χ0) is 34.9. The van der Waals surface area contributed by atoms with Gasteiger partial charge in [0, 0.05) is 49.1 Å². The van der Waals surface area contributed by atoms with Crippen LogP contribution in [0.4, 0.5) is 11.4 Å². The molecule has 0 aromatic heterocycles. The van der Waals surface area contributed by atoms with Gasteiger partial charge in [0.2, 0.25) is 0 Å². The summed E-state index contributed by atoms with van der Waals surface area (Å²) in [6, 6.07) is 14.3. The zero-order valence-corrected chi connectivity index (χ0v) is 35.1. The maximum Gasteiger partial charge on any atom is 0.0480 e. The van der Waals surface area contributed by atoms with Crippen molar-refractivity contribution in [3.63, 3.8) is 0 Å². The summed E-state index contributed by atoms with van der Waals surface area (Å²) in [5.74, 6) is 1.93. The highest BCUT2D eigenvalue weighted by Crippen LogP contribution is 2.51. The number of hydrogen-bond donors (Lipinski definition) is 0. The quantitative estimate of drug-likeness (QED) is 0.274. The Labute approximate surface area is 287 Å². The fraction of sp³-hybridized carbons (Fsp3) is 0.667.